The molecule has 3 nitrogen and oxygen atoms in total. The molecule has 0 radical (unpaired) electrons. The number of hydrogen-bond acceptors (Lipinski definition) is 1. The molecular weight excluding hydrogens is 203 g/mol. The van der Waals surface area contributed by atoms with E-state index in [0.29, 0.717) is 0 Å². The van der Waals surface area contributed by atoms with Crippen LogP contribution < -0.4 is 0 Å². The Morgan fingerprint density at radius 3 is 1.33 bits per heavy atom. The average molecular weight is 208 g/mol. The van der Waals surface area contributed by atoms with Crippen molar-refractivity contribution in [3.8, 4) is 0 Å². The summed E-state index contributed by atoms with van der Waals surface area (Å²) in [7, 11) is -3.13. The van der Waals surface area contributed by atoms with E-state index in [-0.39, 0.29) is 96.9 Å². The van der Waals surface area contributed by atoms with Crippen molar-refractivity contribution in [2.45, 2.75) is 0 Å². The van der Waals surface area contributed by atoms with Gasteiger partial charge >= 0.3 is 106 Å². The molecule has 2 N–H and O–H groups in total. The Morgan fingerprint density at radius 1 is 1.33 bits per heavy atom. The van der Waals surface area contributed by atoms with E-state index in [1.54, 1.807) is 0 Å². The van der Waals surface area contributed by atoms with Gasteiger partial charge in [-0.05, 0) is 0 Å². The zero-order chi connectivity index (χ0) is 3.58. The zero-order valence-corrected chi connectivity index (χ0v) is 2.80. The van der Waals surface area contributed by atoms with Gasteiger partial charge in [0.15, 0.2) is 0 Å². The summed E-state index contributed by atoms with van der Waals surface area (Å²) in [6.07, 6.45) is 0. The molecule has 0 atom stereocenters. The molecule has 0 spiro atoms. The van der Waals surface area contributed by atoms with Crippen LogP contribution >= 0.6 is 0 Å². The summed E-state index contributed by atoms with van der Waals surface area (Å²) in [4.78, 5) is 14.3. The molecular formula is H5KO3SiSr. The van der Waals surface area contributed by atoms with Crippen LogP contribution in [0.2, 0.25) is 0 Å². The Hall–Kier alpha value is 2.73. The molecule has 0 rings (SSSR count). The molecule has 0 aliphatic rings. The van der Waals surface area contributed by atoms with Crippen LogP contribution in [0.5, 0.6) is 0 Å². The van der Waals surface area contributed by atoms with Gasteiger partial charge in [-0.25, -0.2) is 0 Å². The van der Waals surface area contributed by atoms with Gasteiger partial charge in [0.25, 0.3) is 0 Å². The van der Waals surface area contributed by atoms with Gasteiger partial charge in [-0.1, -0.05) is 0 Å². The fourth-order valence-corrected chi connectivity index (χ4v) is 0. The molecule has 0 aromatic carbocycles. The Kier molecular flexibility index (Phi) is 28.2. The van der Waals surface area contributed by atoms with Crippen molar-refractivity contribution in [1.82, 2.24) is 0 Å². The van der Waals surface area contributed by atoms with E-state index < -0.39 is 9.17 Å². The van der Waals surface area contributed by atoms with Crippen molar-refractivity contribution in [2.24, 2.45) is 0 Å². The molecule has 6 heavy (non-hydrogen) atoms. The fourth-order valence-electron chi connectivity index (χ4n) is 0. The number of rotatable bonds is 0. The van der Waals surface area contributed by atoms with Crippen molar-refractivity contribution in [2.75, 3.05) is 0 Å². The van der Waals surface area contributed by atoms with Gasteiger partial charge in [0.05, 0.1) is 0 Å². The molecule has 0 amide bonds. The van der Waals surface area contributed by atoms with E-state index in [1.165, 1.54) is 0 Å². The van der Waals surface area contributed by atoms with E-state index in [0.717, 1.165) is 0 Å². The van der Waals surface area contributed by atoms with Gasteiger partial charge in [-0.15, -0.1) is 0 Å². The second-order valence-corrected chi connectivity index (χ2v) is 0.848. The SMILES string of the molecule is O=[Si](O)O.[KH].[SrH2]. The summed E-state index contributed by atoms with van der Waals surface area (Å²) in [5, 5.41) is 0. The monoisotopic (exact) mass is 208 g/mol. The first-order chi connectivity index (χ1) is 1.73. The molecule has 0 saturated carbocycles. The summed E-state index contributed by atoms with van der Waals surface area (Å²) in [5.74, 6) is 0. The van der Waals surface area contributed by atoms with Gasteiger partial charge in [-0.3, -0.25) is 4.46 Å². The van der Waals surface area contributed by atoms with E-state index in [9.17, 15) is 0 Å². The van der Waals surface area contributed by atoms with E-state index in [4.69, 9.17) is 14.1 Å². The molecule has 6 heteroatoms. The Labute approximate surface area is 117 Å². The van der Waals surface area contributed by atoms with Crippen LogP contribution in [0.25, 0.3) is 0 Å². The van der Waals surface area contributed by atoms with Crippen LogP contribution in [-0.2, 0) is 4.46 Å². The van der Waals surface area contributed by atoms with Crippen LogP contribution in [0.3, 0.4) is 0 Å². The molecule has 0 aliphatic carbocycles. The third-order valence-electron chi connectivity index (χ3n) is 0. The Morgan fingerprint density at radius 2 is 1.33 bits per heavy atom. The summed E-state index contributed by atoms with van der Waals surface area (Å²) in [6, 6.07) is 0. The van der Waals surface area contributed by atoms with Crippen LogP contribution in [0.1, 0.15) is 0 Å². The summed E-state index contributed by atoms with van der Waals surface area (Å²) in [5.41, 5.74) is 0. The molecule has 0 aromatic heterocycles. The first kappa shape index (κ1) is 15.9. The van der Waals surface area contributed by atoms with Gasteiger partial charge in [0, 0.05) is 0 Å². The molecule has 30 valence electrons. The zero-order valence-electron chi connectivity index (χ0n) is 1.80. The fraction of sp³-hybridized carbons (Fsp3) is 0. The molecule has 0 aromatic rings. The molecule has 0 heterocycles. The first-order valence-electron chi connectivity index (χ1n) is 0.651. The van der Waals surface area contributed by atoms with Gasteiger partial charge in [0.2, 0.25) is 0 Å². The first-order valence-corrected chi connectivity index (χ1v) is 1.95. The maximum atomic E-state index is 8.74. The van der Waals surface area contributed by atoms with Crippen molar-refractivity contribution in [3.05, 3.63) is 0 Å². The summed E-state index contributed by atoms with van der Waals surface area (Å²) < 4.78 is 8.74. The van der Waals surface area contributed by atoms with Crippen molar-refractivity contribution in [3.63, 3.8) is 0 Å². The predicted octanol–water partition coefficient (Wildman–Crippen LogP) is -3.18. The van der Waals surface area contributed by atoms with Crippen LogP contribution in [0.4, 0.5) is 0 Å². The standard InChI is InChI=1S/K.H2O3Si.Sr.3H/c;1-4(2)3;;;;/h;1-2H;;;;. The summed E-state index contributed by atoms with van der Waals surface area (Å²) >= 11 is 0. The van der Waals surface area contributed by atoms with Crippen molar-refractivity contribution < 1.29 is 14.1 Å². The summed E-state index contributed by atoms with van der Waals surface area (Å²) in [6.45, 7) is 0. The molecule has 0 aliphatic heterocycles. The third-order valence-corrected chi connectivity index (χ3v) is 0. The molecule has 0 saturated heterocycles. The topological polar surface area (TPSA) is 57.5 Å². The van der Waals surface area contributed by atoms with Crippen LogP contribution in [0, 0.1) is 0 Å². The maximum absolute atomic E-state index is 8.74. The Bertz CT molecular complexity index is 33.8. The minimum absolute atomic E-state index is 0. The quantitative estimate of drug-likeness (QED) is 0.412. The molecule has 0 unspecified atom stereocenters. The van der Waals surface area contributed by atoms with Crippen molar-refractivity contribution in [1.29, 1.82) is 0 Å². The minimum atomic E-state index is -3.13. The van der Waals surface area contributed by atoms with E-state index >= 15 is 0 Å². The molecule has 0 bridgehead atoms. The Balaban J connectivity index is -0.0000000450. The number of hydrogen-bond donors (Lipinski definition) is 2. The van der Waals surface area contributed by atoms with Gasteiger partial charge in [0.1, 0.15) is 0 Å². The van der Waals surface area contributed by atoms with Crippen LogP contribution in [0.15, 0.2) is 0 Å². The second kappa shape index (κ2) is 10.7. The second-order valence-electron chi connectivity index (χ2n) is 0.283. The van der Waals surface area contributed by atoms with E-state index in [1.807, 2.05) is 0 Å². The van der Waals surface area contributed by atoms with Gasteiger partial charge < -0.3 is 9.59 Å². The van der Waals surface area contributed by atoms with Crippen molar-refractivity contribution >= 4 is 106 Å². The third kappa shape index (κ3) is 29.6. The van der Waals surface area contributed by atoms with E-state index in [2.05, 4.69) is 0 Å². The molecule has 0 fully saturated rings. The predicted molar refractivity (Wildman–Crippen MR) is 26.6 cm³/mol. The van der Waals surface area contributed by atoms with Gasteiger partial charge in [-0.2, -0.15) is 0 Å². The average Bonchev–Trinajstić information content (AvgIpc) is 0.811. The normalized spacial score (nSPS) is 4.00. The van der Waals surface area contributed by atoms with Crippen LogP contribution in [-0.4, -0.2) is 116 Å².